The molecule has 0 bridgehead atoms. The van der Waals surface area contributed by atoms with Gasteiger partial charge in [-0.3, -0.25) is 14.6 Å². The molecular weight excluding hydrogens is 314 g/mol. The lowest BCUT2D eigenvalue weighted by molar-refractivity contribution is -0.112. The number of nitrogens with one attached hydrogen (secondary N) is 2. The Hall–Kier alpha value is -3.47. The molecule has 122 valence electrons. The second kappa shape index (κ2) is 5.87. The van der Waals surface area contributed by atoms with Gasteiger partial charge in [0.15, 0.2) is 0 Å². The molecule has 0 fully saturated rings. The second-order valence-corrected chi connectivity index (χ2v) is 5.87. The average Bonchev–Trinajstić information content (AvgIpc) is 2.96. The number of benzene rings is 2. The van der Waals surface area contributed by atoms with Crippen molar-refractivity contribution in [1.29, 1.82) is 0 Å². The van der Waals surface area contributed by atoms with Gasteiger partial charge in [0.25, 0.3) is 11.7 Å². The highest BCUT2D eigenvalue weighted by Gasteiger charge is 2.22. The van der Waals surface area contributed by atoms with E-state index in [9.17, 15) is 9.59 Å². The van der Waals surface area contributed by atoms with E-state index >= 15 is 0 Å². The van der Waals surface area contributed by atoms with E-state index in [-0.39, 0.29) is 0 Å². The Balaban J connectivity index is 1.65. The van der Waals surface area contributed by atoms with Crippen molar-refractivity contribution in [3.8, 4) is 0 Å². The molecule has 0 aliphatic heterocycles. The zero-order chi connectivity index (χ0) is 17.4. The zero-order valence-corrected chi connectivity index (χ0v) is 13.5. The van der Waals surface area contributed by atoms with E-state index in [0.717, 1.165) is 21.8 Å². The number of aromatic nitrogens is 2. The molecule has 0 saturated heterocycles. The lowest BCUT2D eigenvalue weighted by atomic mass is 10.1. The predicted molar refractivity (Wildman–Crippen MR) is 97.7 cm³/mol. The third-order valence-corrected chi connectivity index (χ3v) is 4.18. The third-order valence-electron chi connectivity index (χ3n) is 4.18. The highest BCUT2D eigenvalue weighted by atomic mass is 16.2. The minimum absolute atomic E-state index is 0.404. The first kappa shape index (κ1) is 15.1. The van der Waals surface area contributed by atoms with Gasteiger partial charge in [-0.25, -0.2) is 0 Å². The number of carbonyl (C=O) groups excluding carboxylic acids is 2. The largest absolute Gasteiger partial charge is 0.358 e. The summed E-state index contributed by atoms with van der Waals surface area (Å²) in [5.74, 6) is -1.24. The van der Waals surface area contributed by atoms with Gasteiger partial charge in [0.2, 0.25) is 0 Å². The molecular formula is C20H15N3O2. The fourth-order valence-corrected chi connectivity index (χ4v) is 3.01. The van der Waals surface area contributed by atoms with Crippen molar-refractivity contribution < 1.29 is 9.59 Å². The molecule has 2 N–H and O–H groups in total. The number of amides is 1. The number of pyridine rings is 1. The van der Waals surface area contributed by atoms with Crippen LogP contribution in [0.1, 0.15) is 16.1 Å². The molecule has 0 aliphatic carbocycles. The normalized spacial score (nSPS) is 10.9. The van der Waals surface area contributed by atoms with E-state index in [4.69, 9.17) is 0 Å². The first-order chi connectivity index (χ1) is 12.1. The molecule has 0 saturated carbocycles. The van der Waals surface area contributed by atoms with Crippen LogP contribution in [0.5, 0.6) is 0 Å². The maximum Gasteiger partial charge on any atom is 0.296 e. The van der Waals surface area contributed by atoms with Gasteiger partial charge in [-0.05, 0) is 25.1 Å². The van der Waals surface area contributed by atoms with E-state index in [1.54, 1.807) is 19.2 Å². The SMILES string of the molecule is Cc1[nH]c2ccccc2c1C(=O)C(=O)Nc1cnc2ccccc2c1. The Labute approximate surface area is 143 Å². The van der Waals surface area contributed by atoms with E-state index in [2.05, 4.69) is 15.3 Å². The van der Waals surface area contributed by atoms with Gasteiger partial charge >= 0.3 is 0 Å². The fourth-order valence-electron chi connectivity index (χ4n) is 3.01. The van der Waals surface area contributed by atoms with Gasteiger partial charge in [0.1, 0.15) is 0 Å². The number of aromatic amines is 1. The summed E-state index contributed by atoms with van der Waals surface area (Å²) in [7, 11) is 0. The number of rotatable bonds is 3. The first-order valence-corrected chi connectivity index (χ1v) is 7.91. The van der Waals surface area contributed by atoms with Crippen LogP contribution < -0.4 is 5.32 Å². The topological polar surface area (TPSA) is 74.8 Å². The Kier molecular flexibility index (Phi) is 3.54. The van der Waals surface area contributed by atoms with Gasteiger partial charge in [-0.2, -0.15) is 0 Å². The number of carbonyl (C=O) groups is 2. The molecule has 2 aromatic heterocycles. The fraction of sp³-hybridized carbons (Fsp3) is 0.0500. The van der Waals surface area contributed by atoms with E-state index in [0.29, 0.717) is 16.9 Å². The van der Waals surface area contributed by atoms with Crippen molar-refractivity contribution in [3.63, 3.8) is 0 Å². The maximum absolute atomic E-state index is 12.7. The number of anilines is 1. The van der Waals surface area contributed by atoms with Crippen LogP contribution in [0.2, 0.25) is 0 Å². The summed E-state index contributed by atoms with van der Waals surface area (Å²) in [4.78, 5) is 32.5. The third kappa shape index (κ3) is 2.65. The molecule has 2 heterocycles. The Morgan fingerprint density at radius 1 is 1.04 bits per heavy atom. The van der Waals surface area contributed by atoms with Crippen LogP contribution in [0.25, 0.3) is 21.8 Å². The van der Waals surface area contributed by atoms with Gasteiger partial charge in [-0.1, -0.05) is 36.4 Å². The summed E-state index contributed by atoms with van der Waals surface area (Å²) in [6.45, 7) is 1.79. The van der Waals surface area contributed by atoms with Gasteiger partial charge < -0.3 is 10.3 Å². The average molecular weight is 329 g/mol. The van der Waals surface area contributed by atoms with Crippen molar-refractivity contribution in [2.75, 3.05) is 5.32 Å². The Morgan fingerprint density at radius 2 is 1.80 bits per heavy atom. The summed E-state index contributed by atoms with van der Waals surface area (Å²) < 4.78 is 0. The second-order valence-electron chi connectivity index (χ2n) is 5.87. The van der Waals surface area contributed by atoms with Crippen LogP contribution in [0.3, 0.4) is 0 Å². The number of H-pyrrole nitrogens is 1. The van der Waals surface area contributed by atoms with E-state index < -0.39 is 11.7 Å². The van der Waals surface area contributed by atoms with Crippen molar-refractivity contribution in [3.05, 3.63) is 72.1 Å². The molecule has 2 aromatic carbocycles. The number of hydrogen-bond acceptors (Lipinski definition) is 3. The molecule has 0 atom stereocenters. The smallest absolute Gasteiger partial charge is 0.296 e. The Bertz CT molecular complexity index is 1130. The number of ketones is 1. The van der Waals surface area contributed by atoms with Gasteiger partial charge in [0, 0.05) is 22.0 Å². The van der Waals surface area contributed by atoms with Crippen molar-refractivity contribution >= 4 is 39.2 Å². The minimum atomic E-state index is -0.676. The highest BCUT2D eigenvalue weighted by molar-refractivity contribution is 6.48. The number of para-hydroxylation sites is 2. The summed E-state index contributed by atoms with van der Waals surface area (Å²) in [6, 6.07) is 16.8. The summed E-state index contributed by atoms with van der Waals surface area (Å²) in [5, 5.41) is 4.30. The van der Waals surface area contributed by atoms with Crippen LogP contribution in [0, 0.1) is 6.92 Å². The number of Topliss-reactive ketones (excluding diaryl/α,β-unsaturated/α-hetero) is 1. The van der Waals surface area contributed by atoms with Crippen molar-refractivity contribution in [2.45, 2.75) is 6.92 Å². The number of hydrogen-bond donors (Lipinski definition) is 2. The van der Waals surface area contributed by atoms with Crippen LogP contribution in [-0.4, -0.2) is 21.7 Å². The molecule has 25 heavy (non-hydrogen) atoms. The highest BCUT2D eigenvalue weighted by Crippen LogP contribution is 2.23. The first-order valence-electron chi connectivity index (χ1n) is 7.91. The van der Waals surface area contributed by atoms with Crippen LogP contribution >= 0.6 is 0 Å². The Morgan fingerprint density at radius 3 is 2.68 bits per heavy atom. The molecule has 0 unspecified atom stereocenters. The number of fused-ring (bicyclic) bond motifs is 2. The molecule has 4 aromatic rings. The standard InChI is InChI=1S/C20H15N3O2/c1-12-18(15-7-3-5-9-17(15)22-12)19(24)20(25)23-14-10-13-6-2-4-8-16(13)21-11-14/h2-11,22H,1H3,(H,23,25). The molecule has 1 amide bonds. The monoisotopic (exact) mass is 329 g/mol. The summed E-state index contributed by atoms with van der Waals surface area (Å²) >= 11 is 0. The molecule has 0 radical (unpaired) electrons. The van der Waals surface area contributed by atoms with Crippen LogP contribution in [0.4, 0.5) is 5.69 Å². The van der Waals surface area contributed by atoms with Gasteiger partial charge in [0.05, 0.1) is 23.0 Å². The summed E-state index contributed by atoms with van der Waals surface area (Å²) in [5.41, 5.74) is 3.25. The van der Waals surface area contributed by atoms with Gasteiger partial charge in [-0.15, -0.1) is 0 Å². The molecule has 4 rings (SSSR count). The lowest BCUT2D eigenvalue weighted by Crippen LogP contribution is -2.23. The lowest BCUT2D eigenvalue weighted by Gasteiger charge is -2.06. The van der Waals surface area contributed by atoms with Crippen molar-refractivity contribution in [1.82, 2.24) is 9.97 Å². The molecule has 0 spiro atoms. The quantitative estimate of drug-likeness (QED) is 0.443. The summed E-state index contributed by atoms with van der Waals surface area (Å²) in [6.07, 6.45) is 1.55. The molecule has 5 heteroatoms. The molecule has 5 nitrogen and oxygen atoms in total. The number of nitrogens with zero attached hydrogens (tertiary/aromatic N) is 1. The maximum atomic E-state index is 12.7. The van der Waals surface area contributed by atoms with Crippen molar-refractivity contribution in [2.24, 2.45) is 0 Å². The predicted octanol–water partition coefficient (Wildman–Crippen LogP) is 3.85. The van der Waals surface area contributed by atoms with E-state index in [1.807, 2.05) is 48.5 Å². The number of aryl methyl sites for hydroxylation is 1. The van der Waals surface area contributed by atoms with E-state index in [1.165, 1.54) is 0 Å². The minimum Gasteiger partial charge on any atom is -0.358 e. The van der Waals surface area contributed by atoms with Crippen LogP contribution in [-0.2, 0) is 4.79 Å². The van der Waals surface area contributed by atoms with Crippen LogP contribution in [0.15, 0.2) is 60.8 Å². The molecule has 0 aliphatic rings. The zero-order valence-electron chi connectivity index (χ0n) is 13.5.